The van der Waals surface area contributed by atoms with Crippen molar-refractivity contribution in [3.05, 3.63) is 45.9 Å². The minimum Gasteiger partial charge on any atom is -0.340 e. The summed E-state index contributed by atoms with van der Waals surface area (Å²) in [5, 5.41) is 8.52. The summed E-state index contributed by atoms with van der Waals surface area (Å²) in [5.74, 6) is -0.735. The van der Waals surface area contributed by atoms with Gasteiger partial charge in [0.25, 0.3) is 5.91 Å². The number of hydrogen-bond donors (Lipinski definition) is 2. The molecule has 1 aromatic heterocycles. The molecule has 2 amide bonds. The van der Waals surface area contributed by atoms with Crippen LogP contribution in [0.2, 0.25) is 5.02 Å². The van der Waals surface area contributed by atoms with Gasteiger partial charge in [-0.25, -0.2) is 4.98 Å². The molecular weight excluding hydrogens is 396 g/mol. The number of halogens is 1. The summed E-state index contributed by atoms with van der Waals surface area (Å²) in [6.45, 7) is 6.78. The quantitative estimate of drug-likeness (QED) is 0.714. The van der Waals surface area contributed by atoms with Crippen molar-refractivity contribution in [1.82, 2.24) is 15.2 Å². The van der Waals surface area contributed by atoms with Crippen LogP contribution in [0.15, 0.2) is 29.6 Å². The summed E-state index contributed by atoms with van der Waals surface area (Å²) in [7, 11) is 0. The molecule has 0 unspecified atom stereocenters. The second-order valence-electron chi connectivity index (χ2n) is 7.29. The number of anilines is 1. The predicted molar refractivity (Wildman–Crippen MR) is 113 cm³/mol. The molecule has 1 aliphatic rings. The van der Waals surface area contributed by atoms with Gasteiger partial charge in [-0.1, -0.05) is 37.6 Å². The largest absolute Gasteiger partial charge is 0.340 e. The van der Waals surface area contributed by atoms with Crippen molar-refractivity contribution < 1.29 is 9.59 Å². The Labute approximate surface area is 174 Å². The van der Waals surface area contributed by atoms with Crippen molar-refractivity contribution in [3.8, 4) is 0 Å². The monoisotopic (exact) mass is 420 g/mol. The number of nitrogens with one attached hydrogen (secondary N) is 2. The molecule has 2 N–H and O–H groups in total. The number of benzene rings is 1. The van der Waals surface area contributed by atoms with E-state index in [0.717, 1.165) is 25.3 Å². The summed E-state index contributed by atoms with van der Waals surface area (Å²) in [6, 6.07) is 6.10. The molecule has 0 bridgehead atoms. The molecule has 1 aliphatic heterocycles. The molecule has 6 nitrogen and oxygen atoms in total. The Morgan fingerprint density at radius 3 is 2.64 bits per heavy atom. The number of aromatic nitrogens is 1. The normalized spacial score (nSPS) is 15.6. The summed E-state index contributed by atoms with van der Waals surface area (Å²) >= 11 is 7.49. The molecule has 28 heavy (non-hydrogen) atoms. The highest BCUT2D eigenvalue weighted by atomic mass is 35.5. The molecule has 1 aromatic carbocycles. The first-order valence-electron chi connectivity index (χ1n) is 9.47. The van der Waals surface area contributed by atoms with Crippen LogP contribution in [0.1, 0.15) is 42.7 Å². The fourth-order valence-corrected chi connectivity index (χ4v) is 4.12. The van der Waals surface area contributed by atoms with Gasteiger partial charge in [0.2, 0.25) is 5.91 Å². The second kappa shape index (κ2) is 9.49. The van der Waals surface area contributed by atoms with Gasteiger partial charge in [0, 0.05) is 11.9 Å². The van der Waals surface area contributed by atoms with Gasteiger partial charge in [-0.2, -0.15) is 0 Å². The number of nitrogens with zero attached hydrogens (tertiary/aromatic N) is 2. The third-order valence-electron chi connectivity index (χ3n) is 4.72. The van der Waals surface area contributed by atoms with E-state index in [1.807, 2.05) is 19.2 Å². The minimum absolute atomic E-state index is 0.0875. The highest BCUT2D eigenvalue weighted by Crippen LogP contribution is 2.20. The minimum atomic E-state index is -0.685. The predicted octanol–water partition coefficient (Wildman–Crippen LogP) is 3.79. The highest BCUT2D eigenvalue weighted by Gasteiger charge is 2.26. The fraction of sp³-hybridized carbons (Fsp3) is 0.450. The van der Waals surface area contributed by atoms with E-state index >= 15 is 0 Å². The lowest BCUT2D eigenvalue weighted by Gasteiger charge is -2.21. The molecule has 0 saturated carbocycles. The SMILES string of the molecule is CC(C)[C@@H](NC(=O)c1ccccc1Cl)C(=O)Nc1nc(CN2CCCC2)cs1. The molecule has 8 heteroatoms. The summed E-state index contributed by atoms with van der Waals surface area (Å²) in [5.41, 5.74) is 1.31. The maximum Gasteiger partial charge on any atom is 0.253 e. The van der Waals surface area contributed by atoms with E-state index in [4.69, 9.17) is 11.6 Å². The lowest BCUT2D eigenvalue weighted by atomic mass is 10.0. The third kappa shape index (κ3) is 5.31. The van der Waals surface area contributed by atoms with Gasteiger partial charge in [-0.05, 0) is 44.0 Å². The van der Waals surface area contributed by atoms with Gasteiger partial charge >= 0.3 is 0 Å². The van der Waals surface area contributed by atoms with Gasteiger partial charge in [0.15, 0.2) is 5.13 Å². The van der Waals surface area contributed by atoms with Crippen LogP contribution in [0.3, 0.4) is 0 Å². The summed E-state index contributed by atoms with van der Waals surface area (Å²) in [4.78, 5) is 32.2. The molecule has 0 spiro atoms. The van der Waals surface area contributed by atoms with E-state index in [2.05, 4.69) is 20.5 Å². The topological polar surface area (TPSA) is 74.3 Å². The zero-order chi connectivity index (χ0) is 20.1. The molecule has 1 fully saturated rings. The first kappa shape index (κ1) is 20.8. The average molecular weight is 421 g/mol. The van der Waals surface area contributed by atoms with Crippen molar-refractivity contribution in [2.24, 2.45) is 5.92 Å². The number of hydrogen-bond acceptors (Lipinski definition) is 5. The number of rotatable bonds is 7. The third-order valence-corrected chi connectivity index (χ3v) is 5.86. The smallest absolute Gasteiger partial charge is 0.253 e. The van der Waals surface area contributed by atoms with E-state index in [1.54, 1.807) is 24.3 Å². The van der Waals surface area contributed by atoms with Crippen LogP contribution >= 0.6 is 22.9 Å². The molecular formula is C20H25ClN4O2S. The van der Waals surface area contributed by atoms with E-state index in [0.29, 0.717) is 15.7 Å². The average Bonchev–Trinajstić information content (AvgIpc) is 3.32. The molecule has 2 heterocycles. The van der Waals surface area contributed by atoms with Crippen molar-refractivity contribution in [1.29, 1.82) is 0 Å². The zero-order valence-corrected chi connectivity index (χ0v) is 17.6. The first-order chi connectivity index (χ1) is 13.4. The van der Waals surface area contributed by atoms with Gasteiger partial charge in [-0.15, -0.1) is 11.3 Å². The molecule has 150 valence electrons. The van der Waals surface area contributed by atoms with Crippen molar-refractivity contribution in [2.75, 3.05) is 18.4 Å². The van der Waals surface area contributed by atoms with E-state index in [9.17, 15) is 9.59 Å². The zero-order valence-electron chi connectivity index (χ0n) is 16.1. The van der Waals surface area contributed by atoms with E-state index in [-0.39, 0.29) is 17.7 Å². The maximum atomic E-state index is 12.8. The first-order valence-corrected chi connectivity index (χ1v) is 10.7. The maximum absolute atomic E-state index is 12.8. The van der Waals surface area contributed by atoms with E-state index in [1.165, 1.54) is 24.2 Å². The number of likely N-dealkylation sites (tertiary alicyclic amines) is 1. The highest BCUT2D eigenvalue weighted by molar-refractivity contribution is 7.13. The van der Waals surface area contributed by atoms with Crippen molar-refractivity contribution >= 4 is 39.9 Å². The fourth-order valence-electron chi connectivity index (χ4n) is 3.19. The van der Waals surface area contributed by atoms with Crippen molar-refractivity contribution in [2.45, 2.75) is 39.3 Å². The van der Waals surface area contributed by atoms with Gasteiger partial charge in [-0.3, -0.25) is 14.5 Å². The number of thiazole rings is 1. The van der Waals surface area contributed by atoms with Crippen LogP contribution in [0.5, 0.6) is 0 Å². The van der Waals surface area contributed by atoms with Gasteiger partial charge in [0.05, 0.1) is 16.3 Å². The van der Waals surface area contributed by atoms with E-state index < -0.39 is 6.04 Å². The Hall–Kier alpha value is -1.96. The Morgan fingerprint density at radius 1 is 1.25 bits per heavy atom. The Balaban J connectivity index is 1.62. The molecule has 2 aromatic rings. The van der Waals surface area contributed by atoms with Gasteiger partial charge < -0.3 is 10.6 Å². The molecule has 1 atom stereocenters. The molecule has 3 rings (SSSR count). The lowest BCUT2D eigenvalue weighted by Crippen LogP contribution is -2.47. The van der Waals surface area contributed by atoms with Crippen LogP contribution in [0.25, 0.3) is 0 Å². The molecule has 1 saturated heterocycles. The van der Waals surface area contributed by atoms with Crippen LogP contribution in [0, 0.1) is 5.92 Å². The Kier molecular flexibility index (Phi) is 7.04. The van der Waals surface area contributed by atoms with Crippen LogP contribution in [-0.2, 0) is 11.3 Å². The molecule has 0 aliphatic carbocycles. The van der Waals surface area contributed by atoms with Crippen LogP contribution < -0.4 is 10.6 Å². The summed E-state index contributed by atoms with van der Waals surface area (Å²) < 4.78 is 0. The summed E-state index contributed by atoms with van der Waals surface area (Å²) in [6.07, 6.45) is 2.46. The Bertz CT molecular complexity index is 833. The molecule has 0 radical (unpaired) electrons. The number of carbonyl (C=O) groups excluding carboxylic acids is 2. The van der Waals surface area contributed by atoms with Crippen molar-refractivity contribution in [3.63, 3.8) is 0 Å². The standard InChI is InChI=1S/C20H25ClN4O2S/c1-13(2)17(23-18(26)15-7-3-4-8-16(15)21)19(27)24-20-22-14(12-28-20)11-25-9-5-6-10-25/h3-4,7-8,12-13,17H,5-6,9-11H2,1-2H3,(H,23,26)(H,22,24,27)/t17-/m1/s1. The lowest BCUT2D eigenvalue weighted by molar-refractivity contribution is -0.118. The number of carbonyl (C=O) groups is 2. The number of amides is 2. The van der Waals surface area contributed by atoms with Gasteiger partial charge in [0.1, 0.15) is 6.04 Å². The van der Waals surface area contributed by atoms with Crippen LogP contribution in [0.4, 0.5) is 5.13 Å². The Morgan fingerprint density at radius 2 is 1.96 bits per heavy atom. The van der Waals surface area contributed by atoms with Crippen LogP contribution in [-0.4, -0.2) is 40.8 Å². The second-order valence-corrected chi connectivity index (χ2v) is 8.56.